The molecule has 1 saturated carbocycles. The maximum absolute atomic E-state index is 6.05. The molecule has 1 fully saturated rings. The fourth-order valence-electron chi connectivity index (χ4n) is 1.39. The lowest BCUT2D eigenvalue weighted by molar-refractivity contribution is 0.726. The highest BCUT2D eigenvalue weighted by atomic mass is 35.5. The Kier molecular flexibility index (Phi) is 3.44. The number of anilines is 1. The normalized spacial score (nSPS) is 15.3. The number of nitrogens with zero attached hydrogens (tertiary/aromatic N) is 1. The molecule has 0 radical (unpaired) electrons. The molecule has 15 heavy (non-hydrogen) atoms. The van der Waals surface area contributed by atoms with E-state index in [0.29, 0.717) is 6.04 Å². The first-order chi connectivity index (χ1) is 7.29. The van der Waals surface area contributed by atoms with Crippen LogP contribution in [-0.2, 0) is 6.54 Å². The van der Waals surface area contributed by atoms with E-state index >= 15 is 0 Å². The molecule has 2 N–H and O–H groups in total. The molecule has 0 aliphatic heterocycles. The second-order valence-electron chi connectivity index (χ2n) is 3.86. The van der Waals surface area contributed by atoms with Crippen LogP contribution in [0.3, 0.4) is 0 Å². The third-order valence-corrected chi connectivity index (χ3v) is 2.77. The van der Waals surface area contributed by atoms with Gasteiger partial charge in [0, 0.05) is 18.8 Å². The highest BCUT2D eigenvalue weighted by Crippen LogP contribution is 2.25. The molecule has 2 rings (SSSR count). The van der Waals surface area contributed by atoms with Crippen molar-refractivity contribution in [2.75, 3.05) is 11.9 Å². The van der Waals surface area contributed by atoms with Crippen molar-refractivity contribution in [3.05, 3.63) is 22.8 Å². The molecular weight excluding hydrogens is 210 g/mol. The number of hydrogen-bond acceptors (Lipinski definition) is 3. The van der Waals surface area contributed by atoms with Crippen molar-refractivity contribution in [2.24, 2.45) is 0 Å². The largest absolute Gasteiger partial charge is 0.367 e. The number of hydrogen-bond donors (Lipinski definition) is 2. The van der Waals surface area contributed by atoms with Crippen molar-refractivity contribution in [2.45, 2.75) is 32.4 Å². The van der Waals surface area contributed by atoms with Crippen LogP contribution in [0.15, 0.2) is 12.3 Å². The SMILES string of the molecule is CCNCc1cc(NC2CC2)ncc1Cl. The maximum Gasteiger partial charge on any atom is 0.126 e. The lowest BCUT2D eigenvalue weighted by atomic mass is 10.2. The molecule has 1 aromatic heterocycles. The van der Waals surface area contributed by atoms with Crippen LogP contribution in [-0.4, -0.2) is 17.6 Å². The first-order valence-electron chi connectivity index (χ1n) is 5.41. The molecule has 0 amide bonds. The summed E-state index contributed by atoms with van der Waals surface area (Å²) in [5.74, 6) is 0.940. The first kappa shape index (κ1) is 10.7. The highest BCUT2D eigenvalue weighted by molar-refractivity contribution is 6.31. The van der Waals surface area contributed by atoms with E-state index in [1.165, 1.54) is 12.8 Å². The Hall–Kier alpha value is -0.800. The molecule has 1 aromatic rings. The molecule has 82 valence electrons. The van der Waals surface area contributed by atoms with E-state index in [4.69, 9.17) is 11.6 Å². The summed E-state index contributed by atoms with van der Waals surface area (Å²) < 4.78 is 0. The summed E-state index contributed by atoms with van der Waals surface area (Å²) in [6, 6.07) is 2.66. The summed E-state index contributed by atoms with van der Waals surface area (Å²) in [6.45, 7) is 3.83. The Balaban J connectivity index is 2.05. The van der Waals surface area contributed by atoms with Gasteiger partial charge in [0.1, 0.15) is 5.82 Å². The van der Waals surface area contributed by atoms with Gasteiger partial charge < -0.3 is 10.6 Å². The van der Waals surface area contributed by atoms with Crippen LogP contribution < -0.4 is 10.6 Å². The zero-order valence-corrected chi connectivity index (χ0v) is 9.64. The Morgan fingerprint density at radius 3 is 3.00 bits per heavy atom. The molecule has 0 spiro atoms. The van der Waals surface area contributed by atoms with Gasteiger partial charge in [-0.3, -0.25) is 0 Å². The highest BCUT2D eigenvalue weighted by Gasteiger charge is 2.21. The van der Waals surface area contributed by atoms with Crippen molar-refractivity contribution in [1.29, 1.82) is 0 Å². The van der Waals surface area contributed by atoms with Crippen LogP contribution in [0.5, 0.6) is 0 Å². The molecule has 0 atom stereocenters. The van der Waals surface area contributed by atoms with E-state index in [0.717, 1.165) is 29.5 Å². The van der Waals surface area contributed by atoms with Crippen LogP contribution in [0, 0.1) is 0 Å². The number of aromatic nitrogens is 1. The molecule has 0 unspecified atom stereocenters. The van der Waals surface area contributed by atoms with Crippen molar-refractivity contribution in [1.82, 2.24) is 10.3 Å². The third-order valence-electron chi connectivity index (χ3n) is 2.43. The molecule has 0 bridgehead atoms. The monoisotopic (exact) mass is 225 g/mol. The van der Waals surface area contributed by atoms with Crippen LogP contribution in [0.25, 0.3) is 0 Å². The van der Waals surface area contributed by atoms with Gasteiger partial charge in [-0.2, -0.15) is 0 Å². The Morgan fingerprint density at radius 2 is 2.33 bits per heavy atom. The van der Waals surface area contributed by atoms with Crippen LogP contribution >= 0.6 is 11.6 Å². The van der Waals surface area contributed by atoms with E-state index in [1.54, 1.807) is 6.20 Å². The van der Waals surface area contributed by atoms with E-state index in [2.05, 4.69) is 22.5 Å². The van der Waals surface area contributed by atoms with Crippen molar-refractivity contribution < 1.29 is 0 Å². The Bertz CT molecular complexity index is 337. The van der Waals surface area contributed by atoms with Gasteiger partial charge in [-0.1, -0.05) is 18.5 Å². The van der Waals surface area contributed by atoms with Gasteiger partial charge in [-0.15, -0.1) is 0 Å². The number of rotatable bonds is 5. The molecule has 1 heterocycles. The van der Waals surface area contributed by atoms with Crippen LogP contribution in [0.4, 0.5) is 5.82 Å². The molecule has 1 aliphatic rings. The fraction of sp³-hybridized carbons (Fsp3) is 0.545. The first-order valence-corrected chi connectivity index (χ1v) is 5.79. The summed E-state index contributed by atoms with van der Waals surface area (Å²) >= 11 is 6.05. The van der Waals surface area contributed by atoms with Gasteiger partial charge in [0.2, 0.25) is 0 Å². The van der Waals surface area contributed by atoms with Crippen molar-refractivity contribution >= 4 is 17.4 Å². The molecule has 3 nitrogen and oxygen atoms in total. The standard InChI is InChI=1S/C11H16ClN3/c1-2-13-6-8-5-11(14-7-10(8)12)15-9-3-4-9/h5,7,9,13H,2-4,6H2,1H3,(H,14,15). The summed E-state index contributed by atoms with van der Waals surface area (Å²) in [7, 11) is 0. The second kappa shape index (κ2) is 4.81. The van der Waals surface area contributed by atoms with Gasteiger partial charge in [0.15, 0.2) is 0 Å². The molecule has 4 heteroatoms. The number of halogens is 1. The predicted molar refractivity (Wildman–Crippen MR) is 63.3 cm³/mol. The minimum absolute atomic E-state index is 0.630. The number of pyridine rings is 1. The summed E-state index contributed by atoms with van der Waals surface area (Å²) in [5.41, 5.74) is 1.11. The minimum atomic E-state index is 0.630. The zero-order valence-electron chi connectivity index (χ0n) is 8.89. The zero-order chi connectivity index (χ0) is 10.7. The predicted octanol–water partition coefficient (Wildman–Crippen LogP) is 2.42. The lowest BCUT2D eigenvalue weighted by Gasteiger charge is -2.08. The molecular formula is C11H16ClN3. The third kappa shape index (κ3) is 3.08. The second-order valence-corrected chi connectivity index (χ2v) is 4.27. The van der Waals surface area contributed by atoms with Crippen molar-refractivity contribution in [3.8, 4) is 0 Å². The average Bonchev–Trinajstić information content (AvgIpc) is 3.03. The molecule has 1 aliphatic carbocycles. The van der Waals surface area contributed by atoms with E-state index in [-0.39, 0.29) is 0 Å². The quantitative estimate of drug-likeness (QED) is 0.808. The van der Waals surface area contributed by atoms with E-state index in [9.17, 15) is 0 Å². The molecule has 0 aromatic carbocycles. The molecule has 0 saturated heterocycles. The van der Waals surface area contributed by atoms with Gasteiger partial charge >= 0.3 is 0 Å². The van der Waals surface area contributed by atoms with Crippen LogP contribution in [0.1, 0.15) is 25.3 Å². The topological polar surface area (TPSA) is 37.0 Å². The average molecular weight is 226 g/mol. The summed E-state index contributed by atoms with van der Waals surface area (Å²) in [4.78, 5) is 4.26. The minimum Gasteiger partial charge on any atom is -0.367 e. The lowest BCUT2D eigenvalue weighted by Crippen LogP contribution is -2.13. The van der Waals surface area contributed by atoms with Gasteiger partial charge in [-0.05, 0) is 31.0 Å². The fourth-order valence-corrected chi connectivity index (χ4v) is 1.56. The van der Waals surface area contributed by atoms with Gasteiger partial charge in [-0.25, -0.2) is 4.98 Å². The summed E-state index contributed by atoms with van der Waals surface area (Å²) in [6.07, 6.45) is 4.23. The Morgan fingerprint density at radius 1 is 1.53 bits per heavy atom. The van der Waals surface area contributed by atoms with E-state index < -0.39 is 0 Å². The maximum atomic E-state index is 6.05. The Labute approximate surface area is 95.2 Å². The van der Waals surface area contributed by atoms with E-state index in [1.807, 2.05) is 6.07 Å². The van der Waals surface area contributed by atoms with Crippen molar-refractivity contribution in [3.63, 3.8) is 0 Å². The number of nitrogens with one attached hydrogen (secondary N) is 2. The van der Waals surface area contributed by atoms with Gasteiger partial charge in [0.25, 0.3) is 0 Å². The van der Waals surface area contributed by atoms with Gasteiger partial charge in [0.05, 0.1) is 5.02 Å². The summed E-state index contributed by atoms with van der Waals surface area (Å²) in [5, 5.41) is 7.36. The smallest absolute Gasteiger partial charge is 0.126 e. The van der Waals surface area contributed by atoms with Crippen LogP contribution in [0.2, 0.25) is 5.02 Å².